The van der Waals surface area contributed by atoms with Crippen molar-refractivity contribution in [1.29, 1.82) is 0 Å². The number of rotatable bonds is 5. The molecule has 0 atom stereocenters. The Morgan fingerprint density at radius 3 is 2.55 bits per heavy atom. The molecule has 4 aromatic rings. The summed E-state index contributed by atoms with van der Waals surface area (Å²) >= 11 is 0. The van der Waals surface area contributed by atoms with Crippen LogP contribution in [0.25, 0.3) is 11.5 Å². The maximum Gasteiger partial charge on any atom is 0.417 e. The van der Waals surface area contributed by atoms with E-state index in [0.29, 0.717) is 6.20 Å². The molecule has 0 saturated heterocycles. The van der Waals surface area contributed by atoms with Gasteiger partial charge in [0.15, 0.2) is 5.82 Å². The minimum atomic E-state index is -4.49. The highest BCUT2D eigenvalue weighted by molar-refractivity contribution is 5.88. The molecule has 0 saturated carbocycles. The van der Waals surface area contributed by atoms with E-state index in [0.717, 1.165) is 16.8 Å². The number of pyridine rings is 1. The van der Waals surface area contributed by atoms with E-state index in [1.807, 2.05) is 0 Å². The first-order valence-corrected chi connectivity index (χ1v) is 8.73. The van der Waals surface area contributed by atoms with Crippen LogP contribution in [0, 0.1) is 5.82 Å². The lowest BCUT2D eigenvalue weighted by atomic mass is 10.3. The highest BCUT2D eigenvalue weighted by Crippen LogP contribution is 2.28. The summed E-state index contributed by atoms with van der Waals surface area (Å²) in [5, 5.41) is 11.5. The van der Waals surface area contributed by atoms with Crippen LogP contribution in [-0.4, -0.2) is 35.7 Å². The SMILES string of the molecule is O=C(OCc1cn(-c2ccc(C(F)(F)F)cn2)nn1)c1cnn(-c2ccccc2F)c1. The minimum absolute atomic E-state index is 0.0973. The summed E-state index contributed by atoms with van der Waals surface area (Å²) in [5.41, 5.74) is -0.369. The average Bonchev–Trinajstić information content (AvgIpc) is 3.42. The van der Waals surface area contributed by atoms with Crippen LogP contribution in [0.5, 0.6) is 0 Å². The first-order chi connectivity index (χ1) is 14.8. The average molecular weight is 432 g/mol. The van der Waals surface area contributed by atoms with Crippen LogP contribution in [0.2, 0.25) is 0 Å². The molecular weight excluding hydrogens is 420 g/mol. The lowest BCUT2D eigenvalue weighted by molar-refractivity contribution is -0.137. The fourth-order valence-electron chi connectivity index (χ4n) is 2.59. The largest absolute Gasteiger partial charge is 0.455 e. The number of carbonyl (C=O) groups is 1. The van der Waals surface area contributed by atoms with Crippen LogP contribution in [0.1, 0.15) is 21.6 Å². The Hall–Kier alpha value is -4.09. The molecule has 0 unspecified atom stereocenters. The fourth-order valence-corrected chi connectivity index (χ4v) is 2.59. The van der Waals surface area contributed by atoms with Crippen molar-refractivity contribution < 1.29 is 27.1 Å². The van der Waals surface area contributed by atoms with Crippen molar-refractivity contribution in [3.05, 3.63) is 83.8 Å². The first kappa shape index (κ1) is 20.2. The highest BCUT2D eigenvalue weighted by atomic mass is 19.4. The summed E-state index contributed by atoms with van der Waals surface area (Å²) in [4.78, 5) is 15.9. The number of esters is 1. The normalized spacial score (nSPS) is 11.5. The Morgan fingerprint density at radius 1 is 1.03 bits per heavy atom. The van der Waals surface area contributed by atoms with E-state index < -0.39 is 23.5 Å². The number of benzene rings is 1. The molecule has 0 aliphatic heterocycles. The molecule has 0 aliphatic rings. The topological polar surface area (TPSA) is 87.7 Å². The fraction of sp³-hybridized carbons (Fsp3) is 0.105. The maximum absolute atomic E-state index is 13.8. The predicted octanol–water partition coefficient (Wildman–Crippen LogP) is 3.36. The molecule has 0 radical (unpaired) electrons. The van der Waals surface area contributed by atoms with E-state index in [9.17, 15) is 22.4 Å². The Kier molecular flexibility index (Phi) is 5.19. The molecule has 0 bridgehead atoms. The molecule has 3 heterocycles. The predicted molar refractivity (Wildman–Crippen MR) is 96.8 cm³/mol. The molecule has 3 aromatic heterocycles. The molecule has 0 fully saturated rings. The molecule has 0 aliphatic carbocycles. The molecule has 158 valence electrons. The molecule has 31 heavy (non-hydrogen) atoms. The summed E-state index contributed by atoms with van der Waals surface area (Å²) in [6.07, 6.45) is 0.115. The maximum atomic E-state index is 13.8. The van der Waals surface area contributed by atoms with Gasteiger partial charge in [-0.2, -0.15) is 18.3 Å². The summed E-state index contributed by atoms with van der Waals surface area (Å²) in [7, 11) is 0. The molecule has 0 N–H and O–H groups in total. The van der Waals surface area contributed by atoms with E-state index in [4.69, 9.17) is 4.74 Å². The van der Waals surface area contributed by atoms with E-state index in [2.05, 4.69) is 20.4 Å². The zero-order valence-corrected chi connectivity index (χ0v) is 15.5. The second kappa shape index (κ2) is 7.97. The van der Waals surface area contributed by atoms with Gasteiger partial charge in [0.1, 0.15) is 23.8 Å². The standard InChI is InChI=1S/C19H12F4N6O2/c20-15-3-1-2-4-16(15)28-9-12(7-25-28)18(30)31-11-14-10-29(27-26-14)17-6-5-13(8-24-17)19(21,22)23/h1-10H,11H2. The van der Waals surface area contributed by atoms with Crippen LogP contribution in [0.4, 0.5) is 17.6 Å². The monoisotopic (exact) mass is 432 g/mol. The van der Waals surface area contributed by atoms with Gasteiger partial charge in [0.05, 0.1) is 23.5 Å². The van der Waals surface area contributed by atoms with E-state index in [1.54, 1.807) is 6.07 Å². The molecule has 8 nitrogen and oxygen atoms in total. The number of nitrogens with zero attached hydrogens (tertiary/aromatic N) is 6. The Bertz CT molecular complexity index is 1220. The van der Waals surface area contributed by atoms with Crippen molar-refractivity contribution in [3.63, 3.8) is 0 Å². The Labute approximate surface area is 171 Å². The second-order valence-corrected chi connectivity index (χ2v) is 6.26. The zero-order valence-electron chi connectivity index (χ0n) is 15.5. The third-order valence-corrected chi connectivity index (χ3v) is 4.12. The van der Waals surface area contributed by atoms with Gasteiger partial charge in [0, 0.05) is 12.4 Å². The van der Waals surface area contributed by atoms with Crippen LogP contribution >= 0.6 is 0 Å². The Morgan fingerprint density at radius 2 is 1.84 bits per heavy atom. The van der Waals surface area contributed by atoms with Gasteiger partial charge in [-0.1, -0.05) is 17.3 Å². The number of aromatic nitrogens is 6. The van der Waals surface area contributed by atoms with Gasteiger partial charge in [-0.3, -0.25) is 0 Å². The molecule has 0 spiro atoms. The van der Waals surface area contributed by atoms with E-state index >= 15 is 0 Å². The van der Waals surface area contributed by atoms with Crippen LogP contribution < -0.4 is 0 Å². The number of carbonyl (C=O) groups excluding carboxylic acids is 1. The van der Waals surface area contributed by atoms with Crippen molar-refractivity contribution in [2.75, 3.05) is 0 Å². The summed E-state index contributed by atoms with van der Waals surface area (Å²) < 4.78 is 59.2. The van der Waals surface area contributed by atoms with Crippen molar-refractivity contribution in [1.82, 2.24) is 29.8 Å². The van der Waals surface area contributed by atoms with Crippen LogP contribution in [0.3, 0.4) is 0 Å². The molecule has 1 aromatic carbocycles. The minimum Gasteiger partial charge on any atom is -0.455 e. The zero-order chi connectivity index (χ0) is 22.0. The molecule has 0 amide bonds. The Balaban J connectivity index is 1.40. The quantitative estimate of drug-likeness (QED) is 0.355. The third kappa shape index (κ3) is 4.42. The lowest BCUT2D eigenvalue weighted by Gasteiger charge is -2.06. The van der Waals surface area contributed by atoms with E-state index in [1.165, 1.54) is 41.5 Å². The van der Waals surface area contributed by atoms with Gasteiger partial charge in [0.25, 0.3) is 0 Å². The van der Waals surface area contributed by atoms with Gasteiger partial charge in [0.2, 0.25) is 0 Å². The van der Waals surface area contributed by atoms with Crippen LogP contribution in [-0.2, 0) is 17.5 Å². The second-order valence-electron chi connectivity index (χ2n) is 6.26. The lowest BCUT2D eigenvalue weighted by Crippen LogP contribution is -2.07. The number of hydrogen-bond acceptors (Lipinski definition) is 6. The molecular formula is C19H12F4N6O2. The van der Waals surface area contributed by atoms with Crippen LogP contribution in [0.15, 0.2) is 61.2 Å². The molecule has 4 rings (SSSR count). The molecule has 12 heteroatoms. The summed E-state index contributed by atoms with van der Waals surface area (Å²) in [6.45, 7) is -0.246. The summed E-state index contributed by atoms with van der Waals surface area (Å²) in [5.74, 6) is -1.10. The van der Waals surface area contributed by atoms with Crippen molar-refractivity contribution in [2.45, 2.75) is 12.8 Å². The van der Waals surface area contributed by atoms with Gasteiger partial charge >= 0.3 is 12.1 Å². The third-order valence-electron chi connectivity index (χ3n) is 4.12. The summed E-state index contributed by atoms with van der Waals surface area (Å²) in [6, 6.07) is 7.95. The highest BCUT2D eigenvalue weighted by Gasteiger charge is 2.30. The number of ether oxygens (including phenoxy) is 1. The van der Waals surface area contributed by atoms with Crippen molar-refractivity contribution in [3.8, 4) is 11.5 Å². The number of halogens is 4. The number of hydrogen-bond donors (Lipinski definition) is 0. The smallest absolute Gasteiger partial charge is 0.417 e. The van der Waals surface area contributed by atoms with Gasteiger partial charge in [-0.05, 0) is 24.3 Å². The van der Waals surface area contributed by atoms with Gasteiger partial charge in [-0.25, -0.2) is 23.5 Å². The van der Waals surface area contributed by atoms with Crippen molar-refractivity contribution >= 4 is 5.97 Å². The van der Waals surface area contributed by atoms with Gasteiger partial charge in [-0.15, -0.1) is 5.10 Å². The van der Waals surface area contributed by atoms with Crippen molar-refractivity contribution in [2.24, 2.45) is 0 Å². The number of para-hydroxylation sites is 1. The van der Waals surface area contributed by atoms with E-state index in [-0.39, 0.29) is 29.4 Å². The van der Waals surface area contributed by atoms with Gasteiger partial charge < -0.3 is 4.74 Å². The first-order valence-electron chi connectivity index (χ1n) is 8.73. The number of alkyl halides is 3.